The molecule has 1 aromatic rings. The van der Waals surface area contributed by atoms with Gasteiger partial charge < -0.3 is 10.2 Å². The Kier molecular flexibility index (Phi) is 6.55. The Hall–Kier alpha value is -1.92. The van der Waals surface area contributed by atoms with Crippen LogP contribution in [0.5, 0.6) is 0 Å². The summed E-state index contributed by atoms with van der Waals surface area (Å²) in [5, 5.41) is 4.42. The molecule has 1 saturated heterocycles. The number of hydrogen-bond acceptors (Lipinski definition) is 4. The van der Waals surface area contributed by atoms with Crippen molar-refractivity contribution in [2.24, 2.45) is 0 Å². The van der Waals surface area contributed by atoms with Crippen LogP contribution in [0.1, 0.15) is 25.3 Å². The molecule has 1 fully saturated rings. The number of hydrogen-bond donors (Lipinski definition) is 2. The number of nitrogens with one attached hydrogen (secondary N) is 2. The van der Waals surface area contributed by atoms with Gasteiger partial charge in [0, 0.05) is 31.9 Å². The zero-order chi connectivity index (χ0) is 16.7. The monoisotopic (exact) mass is 318 g/mol. The largest absolute Gasteiger partial charge is 0.323 e. The topological polar surface area (TPSA) is 64.7 Å². The molecular formula is C17H26N4O2. The Bertz CT molecular complexity index is 522. The number of rotatable bonds is 5. The van der Waals surface area contributed by atoms with Crippen LogP contribution in [0, 0.1) is 0 Å². The van der Waals surface area contributed by atoms with Crippen molar-refractivity contribution in [2.45, 2.75) is 26.2 Å². The molecule has 0 spiro atoms. The van der Waals surface area contributed by atoms with Crippen LogP contribution in [0.3, 0.4) is 0 Å². The molecule has 2 N–H and O–H groups in total. The van der Waals surface area contributed by atoms with Gasteiger partial charge in [-0.2, -0.15) is 0 Å². The van der Waals surface area contributed by atoms with Crippen LogP contribution in [-0.4, -0.2) is 54.9 Å². The Balaban J connectivity index is 1.80. The molecule has 1 aliphatic heterocycles. The summed E-state index contributed by atoms with van der Waals surface area (Å²) in [4.78, 5) is 26.1. The second-order valence-electron chi connectivity index (χ2n) is 5.99. The van der Waals surface area contributed by atoms with E-state index >= 15 is 0 Å². The van der Waals surface area contributed by atoms with Crippen LogP contribution in [0.25, 0.3) is 0 Å². The van der Waals surface area contributed by atoms with Crippen LogP contribution in [-0.2, 0) is 16.0 Å². The Morgan fingerprint density at radius 3 is 2.30 bits per heavy atom. The first-order chi connectivity index (χ1) is 11.1. The normalized spacial score (nSPS) is 16.1. The van der Waals surface area contributed by atoms with Crippen molar-refractivity contribution in [3.05, 3.63) is 29.8 Å². The summed E-state index contributed by atoms with van der Waals surface area (Å²) in [5.74, 6) is -1.25. The summed E-state index contributed by atoms with van der Waals surface area (Å²) in [6.45, 7) is 5.36. The lowest BCUT2D eigenvalue weighted by Crippen LogP contribution is -2.54. The number of carbonyl (C=O) groups excluding carboxylic acids is 2. The third-order valence-electron chi connectivity index (χ3n) is 4.00. The average Bonchev–Trinajstić information content (AvgIpc) is 2.56. The van der Waals surface area contributed by atoms with Crippen molar-refractivity contribution in [1.29, 1.82) is 0 Å². The number of amides is 2. The van der Waals surface area contributed by atoms with E-state index in [4.69, 9.17) is 0 Å². The molecule has 0 radical (unpaired) electrons. The van der Waals surface area contributed by atoms with Gasteiger partial charge in [-0.25, -0.2) is 5.01 Å². The van der Waals surface area contributed by atoms with Crippen molar-refractivity contribution >= 4 is 17.5 Å². The van der Waals surface area contributed by atoms with Gasteiger partial charge in [-0.3, -0.25) is 15.0 Å². The number of nitrogens with zero attached hydrogens (tertiary/aromatic N) is 2. The minimum atomic E-state index is -0.634. The number of likely N-dealkylation sites (N-methyl/N-ethyl adjacent to an activating group) is 1. The molecule has 0 bridgehead atoms. The zero-order valence-electron chi connectivity index (χ0n) is 14.0. The van der Waals surface area contributed by atoms with E-state index in [1.807, 2.05) is 31.3 Å². The van der Waals surface area contributed by atoms with E-state index in [1.54, 1.807) is 5.01 Å². The van der Waals surface area contributed by atoms with Crippen molar-refractivity contribution in [1.82, 2.24) is 15.3 Å². The maximum Gasteiger partial charge on any atom is 0.323 e. The Morgan fingerprint density at radius 1 is 1.04 bits per heavy atom. The van der Waals surface area contributed by atoms with Crippen LogP contribution in [0.15, 0.2) is 24.3 Å². The lowest BCUT2D eigenvalue weighted by molar-refractivity contribution is -0.139. The van der Waals surface area contributed by atoms with Gasteiger partial charge in [0.25, 0.3) is 0 Å². The number of benzene rings is 1. The number of hydrazine groups is 1. The van der Waals surface area contributed by atoms with Gasteiger partial charge in [-0.15, -0.1) is 0 Å². The number of unbranched alkanes of at least 4 members (excludes halogenated alkanes) is 1. The molecule has 1 aromatic carbocycles. The smallest absolute Gasteiger partial charge is 0.318 e. The SMILES string of the molecule is CCCCc1ccc(NC(=O)C(=O)NN2CCN(C)CC2)cc1. The van der Waals surface area contributed by atoms with Gasteiger partial charge in [-0.1, -0.05) is 25.5 Å². The maximum absolute atomic E-state index is 11.9. The Morgan fingerprint density at radius 2 is 1.70 bits per heavy atom. The molecule has 23 heavy (non-hydrogen) atoms. The fraction of sp³-hybridized carbons (Fsp3) is 0.529. The quantitative estimate of drug-likeness (QED) is 0.802. The van der Waals surface area contributed by atoms with E-state index in [-0.39, 0.29) is 0 Å². The van der Waals surface area contributed by atoms with E-state index in [2.05, 4.69) is 22.6 Å². The molecule has 2 amide bonds. The van der Waals surface area contributed by atoms with Crippen LogP contribution < -0.4 is 10.7 Å². The van der Waals surface area contributed by atoms with Crippen LogP contribution in [0.4, 0.5) is 5.69 Å². The van der Waals surface area contributed by atoms with Crippen molar-refractivity contribution in [3.8, 4) is 0 Å². The highest BCUT2D eigenvalue weighted by atomic mass is 16.2. The summed E-state index contributed by atoms with van der Waals surface area (Å²) in [5.41, 5.74) is 4.54. The first kappa shape index (κ1) is 17.4. The second-order valence-corrected chi connectivity index (χ2v) is 5.99. The molecule has 1 aliphatic rings. The molecule has 6 heteroatoms. The maximum atomic E-state index is 11.9. The molecule has 0 aromatic heterocycles. The molecule has 6 nitrogen and oxygen atoms in total. The first-order valence-electron chi connectivity index (χ1n) is 8.23. The predicted molar refractivity (Wildman–Crippen MR) is 90.9 cm³/mol. The molecule has 0 atom stereocenters. The van der Waals surface area contributed by atoms with E-state index < -0.39 is 11.8 Å². The van der Waals surface area contributed by atoms with Gasteiger partial charge in [0.1, 0.15) is 0 Å². The van der Waals surface area contributed by atoms with Crippen LogP contribution in [0.2, 0.25) is 0 Å². The standard InChI is InChI=1S/C17H26N4O2/c1-3-4-5-14-6-8-15(9-7-14)18-16(22)17(23)19-21-12-10-20(2)11-13-21/h6-9H,3-5,10-13H2,1-2H3,(H,18,22)(H,19,23). The third-order valence-corrected chi connectivity index (χ3v) is 4.00. The van der Waals surface area contributed by atoms with E-state index in [0.717, 1.165) is 45.4 Å². The minimum absolute atomic E-state index is 0.621. The highest BCUT2D eigenvalue weighted by Crippen LogP contribution is 2.11. The molecule has 2 rings (SSSR count). The van der Waals surface area contributed by atoms with E-state index in [9.17, 15) is 9.59 Å². The number of anilines is 1. The number of carbonyl (C=O) groups is 2. The predicted octanol–water partition coefficient (Wildman–Crippen LogP) is 1.25. The Labute approximate surface area is 137 Å². The van der Waals surface area contributed by atoms with Crippen molar-refractivity contribution in [3.63, 3.8) is 0 Å². The highest BCUT2D eigenvalue weighted by molar-refractivity contribution is 6.39. The zero-order valence-corrected chi connectivity index (χ0v) is 14.0. The summed E-state index contributed by atoms with van der Waals surface area (Å²) < 4.78 is 0. The summed E-state index contributed by atoms with van der Waals surface area (Å²) >= 11 is 0. The number of aryl methyl sites for hydroxylation is 1. The van der Waals surface area contributed by atoms with Crippen molar-refractivity contribution in [2.75, 3.05) is 38.5 Å². The average molecular weight is 318 g/mol. The molecule has 1 heterocycles. The molecular weight excluding hydrogens is 292 g/mol. The van der Waals surface area contributed by atoms with Gasteiger partial charge in [0.15, 0.2) is 0 Å². The fourth-order valence-electron chi connectivity index (χ4n) is 2.44. The first-order valence-corrected chi connectivity index (χ1v) is 8.23. The summed E-state index contributed by atoms with van der Waals surface area (Å²) in [7, 11) is 2.04. The van der Waals surface area contributed by atoms with E-state index in [0.29, 0.717) is 5.69 Å². The molecule has 0 aliphatic carbocycles. The lowest BCUT2D eigenvalue weighted by Gasteiger charge is -2.32. The van der Waals surface area contributed by atoms with Crippen molar-refractivity contribution < 1.29 is 9.59 Å². The van der Waals surface area contributed by atoms with Crippen LogP contribution >= 0.6 is 0 Å². The number of piperazine rings is 1. The molecule has 0 saturated carbocycles. The lowest BCUT2D eigenvalue weighted by atomic mass is 10.1. The highest BCUT2D eigenvalue weighted by Gasteiger charge is 2.20. The fourth-order valence-corrected chi connectivity index (χ4v) is 2.44. The van der Waals surface area contributed by atoms with Gasteiger partial charge >= 0.3 is 11.8 Å². The third kappa shape index (κ3) is 5.65. The van der Waals surface area contributed by atoms with Gasteiger partial charge in [0.05, 0.1) is 0 Å². The minimum Gasteiger partial charge on any atom is -0.318 e. The molecule has 126 valence electrons. The van der Waals surface area contributed by atoms with Gasteiger partial charge in [-0.05, 0) is 37.6 Å². The summed E-state index contributed by atoms with van der Waals surface area (Å²) in [6, 6.07) is 7.66. The van der Waals surface area contributed by atoms with Gasteiger partial charge in [0.2, 0.25) is 0 Å². The second kappa shape index (κ2) is 8.64. The van der Waals surface area contributed by atoms with E-state index in [1.165, 1.54) is 5.56 Å². The molecule has 0 unspecified atom stereocenters. The summed E-state index contributed by atoms with van der Waals surface area (Å²) in [6.07, 6.45) is 3.35.